The lowest BCUT2D eigenvalue weighted by Crippen LogP contribution is -2.46. The highest BCUT2D eigenvalue weighted by atomic mass is 35.5. The summed E-state index contributed by atoms with van der Waals surface area (Å²) in [5.41, 5.74) is 3.26. The van der Waals surface area contributed by atoms with E-state index in [-0.39, 0.29) is 30.3 Å². The first-order valence-electron chi connectivity index (χ1n) is 10.1. The van der Waals surface area contributed by atoms with E-state index >= 15 is 0 Å². The molecular formula is C21H33ClN4O2. The zero-order valence-electron chi connectivity index (χ0n) is 16.9. The van der Waals surface area contributed by atoms with Crippen molar-refractivity contribution in [1.29, 1.82) is 0 Å². The summed E-state index contributed by atoms with van der Waals surface area (Å²) in [4.78, 5) is 26.7. The summed E-state index contributed by atoms with van der Waals surface area (Å²) in [6, 6.07) is 5.97. The van der Waals surface area contributed by atoms with Crippen molar-refractivity contribution in [3.05, 3.63) is 29.3 Å². The number of anilines is 1. The topological polar surface area (TPSA) is 73.5 Å². The number of nitrogens with one attached hydrogen (secondary N) is 3. The van der Waals surface area contributed by atoms with Gasteiger partial charge in [-0.3, -0.25) is 14.5 Å². The van der Waals surface area contributed by atoms with Crippen LogP contribution in [0, 0.1) is 19.8 Å². The molecule has 0 radical (unpaired) electrons. The van der Waals surface area contributed by atoms with E-state index in [9.17, 15) is 9.59 Å². The van der Waals surface area contributed by atoms with E-state index < -0.39 is 0 Å². The van der Waals surface area contributed by atoms with Crippen LogP contribution in [0.2, 0.25) is 0 Å². The lowest BCUT2D eigenvalue weighted by molar-refractivity contribution is -0.123. The SMILES string of the molecule is Cc1ccc(NC(=O)CN2CCCC(CNC(=O)C3CCCN3)C2)cc1C.Cl. The van der Waals surface area contributed by atoms with Crippen molar-refractivity contribution in [2.24, 2.45) is 5.92 Å². The largest absolute Gasteiger partial charge is 0.354 e. The van der Waals surface area contributed by atoms with Gasteiger partial charge >= 0.3 is 0 Å². The molecule has 1 aromatic carbocycles. The van der Waals surface area contributed by atoms with Gasteiger partial charge in [0.1, 0.15) is 0 Å². The number of amides is 2. The number of halogens is 1. The summed E-state index contributed by atoms with van der Waals surface area (Å²) in [5, 5.41) is 9.33. The molecule has 2 aliphatic rings. The fourth-order valence-electron chi connectivity index (χ4n) is 3.96. The Morgan fingerprint density at radius 3 is 2.71 bits per heavy atom. The molecule has 2 fully saturated rings. The highest BCUT2D eigenvalue weighted by molar-refractivity contribution is 5.92. The maximum Gasteiger partial charge on any atom is 0.238 e. The Morgan fingerprint density at radius 1 is 1.18 bits per heavy atom. The first-order valence-corrected chi connectivity index (χ1v) is 10.1. The Bertz CT molecular complexity index is 676. The van der Waals surface area contributed by atoms with Gasteiger partial charge in [-0.25, -0.2) is 0 Å². The molecule has 2 atom stereocenters. The molecule has 1 aromatic rings. The second-order valence-electron chi connectivity index (χ2n) is 7.98. The molecule has 3 N–H and O–H groups in total. The van der Waals surface area contributed by atoms with E-state index in [2.05, 4.69) is 34.7 Å². The highest BCUT2D eigenvalue weighted by Gasteiger charge is 2.25. The number of benzene rings is 1. The van der Waals surface area contributed by atoms with Gasteiger partial charge in [0.05, 0.1) is 12.6 Å². The first kappa shape index (κ1) is 22.7. The summed E-state index contributed by atoms with van der Waals surface area (Å²) in [6.07, 6.45) is 4.18. The molecule has 3 rings (SSSR count). The molecule has 156 valence electrons. The summed E-state index contributed by atoms with van der Waals surface area (Å²) in [6.45, 7) is 7.96. The lowest BCUT2D eigenvalue weighted by atomic mass is 9.98. The van der Waals surface area contributed by atoms with Gasteiger partial charge in [0.25, 0.3) is 0 Å². The quantitative estimate of drug-likeness (QED) is 0.675. The fourth-order valence-corrected chi connectivity index (χ4v) is 3.96. The third kappa shape index (κ3) is 6.47. The maximum absolute atomic E-state index is 12.4. The fraction of sp³-hybridized carbons (Fsp3) is 0.619. The van der Waals surface area contributed by atoms with Crippen LogP contribution in [0.5, 0.6) is 0 Å². The molecular weight excluding hydrogens is 376 g/mol. The Hall–Kier alpha value is -1.63. The minimum atomic E-state index is -0.0200. The van der Waals surface area contributed by atoms with Crippen molar-refractivity contribution >= 4 is 29.9 Å². The van der Waals surface area contributed by atoms with Gasteiger partial charge in [0.15, 0.2) is 0 Å². The Balaban J connectivity index is 0.00000280. The van der Waals surface area contributed by atoms with E-state index in [1.165, 1.54) is 11.1 Å². The lowest BCUT2D eigenvalue weighted by Gasteiger charge is -2.32. The van der Waals surface area contributed by atoms with Crippen molar-refractivity contribution in [3.63, 3.8) is 0 Å². The average molecular weight is 409 g/mol. The molecule has 2 saturated heterocycles. The van der Waals surface area contributed by atoms with Crippen LogP contribution in [0.4, 0.5) is 5.69 Å². The molecule has 2 unspecified atom stereocenters. The van der Waals surface area contributed by atoms with E-state index in [1.807, 2.05) is 18.2 Å². The number of carbonyl (C=O) groups excluding carboxylic acids is 2. The zero-order valence-corrected chi connectivity index (χ0v) is 17.7. The van der Waals surface area contributed by atoms with Crippen molar-refractivity contribution in [2.75, 3.05) is 38.0 Å². The second kappa shape index (κ2) is 10.8. The van der Waals surface area contributed by atoms with Crippen molar-refractivity contribution < 1.29 is 9.59 Å². The molecule has 0 spiro atoms. The Kier molecular flexibility index (Phi) is 8.73. The minimum absolute atomic E-state index is 0. The summed E-state index contributed by atoms with van der Waals surface area (Å²) in [5.74, 6) is 0.564. The molecule has 0 aromatic heterocycles. The molecule has 2 amide bonds. The molecule has 7 heteroatoms. The van der Waals surface area contributed by atoms with Crippen LogP contribution in [0.25, 0.3) is 0 Å². The van der Waals surface area contributed by atoms with Gasteiger partial charge in [-0.15, -0.1) is 12.4 Å². The first-order chi connectivity index (χ1) is 13.0. The number of aryl methyl sites for hydroxylation is 2. The van der Waals surface area contributed by atoms with E-state index in [0.29, 0.717) is 19.0 Å². The van der Waals surface area contributed by atoms with Gasteiger partial charge in [-0.05, 0) is 81.8 Å². The molecule has 0 saturated carbocycles. The minimum Gasteiger partial charge on any atom is -0.354 e. The predicted octanol–water partition coefficient (Wildman–Crippen LogP) is 2.24. The van der Waals surface area contributed by atoms with Gasteiger partial charge in [0, 0.05) is 18.8 Å². The number of carbonyl (C=O) groups is 2. The normalized spacial score (nSPS) is 22.4. The number of likely N-dealkylation sites (tertiary alicyclic amines) is 1. The van der Waals surface area contributed by atoms with Crippen molar-refractivity contribution in [1.82, 2.24) is 15.5 Å². The maximum atomic E-state index is 12.4. The van der Waals surface area contributed by atoms with Crippen LogP contribution in [-0.4, -0.2) is 55.5 Å². The number of hydrogen-bond acceptors (Lipinski definition) is 4. The van der Waals surface area contributed by atoms with Gasteiger partial charge in [-0.2, -0.15) is 0 Å². The van der Waals surface area contributed by atoms with Crippen LogP contribution < -0.4 is 16.0 Å². The molecule has 2 heterocycles. The van der Waals surface area contributed by atoms with Crippen LogP contribution in [-0.2, 0) is 9.59 Å². The highest BCUT2D eigenvalue weighted by Crippen LogP contribution is 2.17. The van der Waals surface area contributed by atoms with Crippen LogP contribution >= 0.6 is 12.4 Å². The van der Waals surface area contributed by atoms with Gasteiger partial charge < -0.3 is 16.0 Å². The summed E-state index contributed by atoms with van der Waals surface area (Å²) < 4.78 is 0. The number of nitrogens with zero attached hydrogens (tertiary/aromatic N) is 1. The van der Waals surface area contributed by atoms with E-state index in [4.69, 9.17) is 0 Å². The van der Waals surface area contributed by atoms with Crippen LogP contribution in [0.1, 0.15) is 36.8 Å². The van der Waals surface area contributed by atoms with Gasteiger partial charge in [-0.1, -0.05) is 6.07 Å². The number of piperidine rings is 1. The van der Waals surface area contributed by atoms with E-state index in [1.54, 1.807) is 0 Å². The second-order valence-corrected chi connectivity index (χ2v) is 7.98. The molecule has 2 aliphatic heterocycles. The third-order valence-electron chi connectivity index (χ3n) is 5.70. The Labute approximate surface area is 174 Å². The van der Waals surface area contributed by atoms with Crippen molar-refractivity contribution in [2.45, 2.75) is 45.6 Å². The van der Waals surface area contributed by atoms with Crippen LogP contribution in [0.15, 0.2) is 18.2 Å². The molecule has 28 heavy (non-hydrogen) atoms. The van der Waals surface area contributed by atoms with E-state index in [0.717, 1.165) is 51.0 Å². The predicted molar refractivity (Wildman–Crippen MR) is 115 cm³/mol. The summed E-state index contributed by atoms with van der Waals surface area (Å²) in [7, 11) is 0. The van der Waals surface area contributed by atoms with Crippen molar-refractivity contribution in [3.8, 4) is 0 Å². The van der Waals surface area contributed by atoms with Crippen LogP contribution in [0.3, 0.4) is 0 Å². The number of hydrogen-bond donors (Lipinski definition) is 3. The number of rotatable bonds is 6. The third-order valence-corrected chi connectivity index (χ3v) is 5.70. The summed E-state index contributed by atoms with van der Waals surface area (Å²) >= 11 is 0. The molecule has 0 aliphatic carbocycles. The zero-order chi connectivity index (χ0) is 19.2. The molecule has 0 bridgehead atoms. The Morgan fingerprint density at radius 2 is 2.00 bits per heavy atom. The van der Waals surface area contributed by atoms with Gasteiger partial charge in [0.2, 0.25) is 11.8 Å². The monoisotopic (exact) mass is 408 g/mol. The smallest absolute Gasteiger partial charge is 0.238 e. The average Bonchev–Trinajstić information content (AvgIpc) is 3.18. The molecule has 6 nitrogen and oxygen atoms in total. The standard InChI is InChI=1S/C21H32N4O2.ClH/c1-15-7-8-18(11-16(15)2)24-20(26)14-25-10-4-5-17(13-25)12-23-21(27)19-6-3-9-22-19;/h7-8,11,17,19,22H,3-6,9-10,12-14H2,1-2H3,(H,23,27)(H,24,26);1H.